The number of ether oxygens (including phenoxy) is 5. The first kappa shape index (κ1) is 22.8. The predicted octanol–water partition coefficient (Wildman–Crippen LogP) is 2.91. The van der Waals surface area contributed by atoms with Crippen molar-refractivity contribution in [3.8, 4) is 0 Å². The minimum atomic E-state index is -0.875. The molecule has 1 aliphatic heterocycles. The number of aliphatic hydroxyl groups is 1. The van der Waals surface area contributed by atoms with E-state index in [0.29, 0.717) is 26.4 Å². The Bertz CT molecular complexity index is 314. The van der Waals surface area contributed by atoms with Crippen molar-refractivity contribution >= 4 is 0 Å². The van der Waals surface area contributed by atoms with Gasteiger partial charge in [-0.05, 0) is 19.3 Å². The molecule has 0 spiro atoms. The molecule has 1 aliphatic rings. The lowest BCUT2D eigenvalue weighted by Crippen LogP contribution is -2.61. The van der Waals surface area contributed by atoms with Crippen molar-refractivity contribution in [2.24, 2.45) is 0 Å². The zero-order valence-corrected chi connectivity index (χ0v) is 16.4. The van der Waals surface area contributed by atoms with Gasteiger partial charge in [-0.25, -0.2) is 0 Å². The molecule has 0 radical (unpaired) electrons. The summed E-state index contributed by atoms with van der Waals surface area (Å²) in [5.74, 6) is 0. The van der Waals surface area contributed by atoms with E-state index in [0.717, 1.165) is 38.5 Å². The Morgan fingerprint density at radius 1 is 0.840 bits per heavy atom. The predicted molar refractivity (Wildman–Crippen MR) is 96.7 cm³/mol. The highest BCUT2D eigenvalue weighted by Crippen LogP contribution is 2.27. The van der Waals surface area contributed by atoms with Gasteiger partial charge in [-0.15, -0.1) is 0 Å². The molecule has 0 aromatic carbocycles. The van der Waals surface area contributed by atoms with Gasteiger partial charge < -0.3 is 28.8 Å². The third kappa shape index (κ3) is 7.89. The summed E-state index contributed by atoms with van der Waals surface area (Å²) in [4.78, 5) is 0. The molecule has 2 unspecified atom stereocenters. The van der Waals surface area contributed by atoms with Gasteiger partial charge in [0.2, 0.25) is 0 Å². The maximum atomic E-state index is 10.6. The zero-order valence-electron chi connectivity index (χ0n) is 16.4. The van der Waals surface area contributed by atoms with Crippen molar-refractivity contribution in [2.45, 2.75) is 90.0 Å². The van der Waals surface area contributed by atoms with Crippen molar-refractivity contribution in [3.05, 3.63) is 0 Å². The smallest absolute Gasteiger partial charge is 0.186 e. The van der Waals surface area contributed by atoms with E-state index in [1.165, 1.54) is 7.11 Å². The highest BCUT2D eigenvalue weighted by atomic mass is 16.7. The highest BCUT2D eigenvalue weighted by Gasteiger charge is 2.47. The normalized spacial score (nSPS) is 29.9. The van der Waals surface area contributed by atoms with E-state index in [9.17, 15) is 5.11 Å². The van der Waals surface area contributed by atoms with Crippen LogP contribution in [0.2, 0.25) is 0 Å². The van der Waals surface area contributed by atoms with Crippen LogP contribution in [-0.4, -0.2) is 69.3 Å². The molecule has 1 rings (SSSR count). The second-order valence-corrected chi connectivity index (χ2v) is 6.58. The van der Waals surface area contributed by atoms with Crippen LogP contribution in [0.5, 0.6) is 0 Å². The van der Waals surface area contributed by atoms with Crippen molar-refractivity contribution in [2.75, 3.05) is 33.5 Å². The monoisotopic (exact) mass is 362 g/mol. The van der Waals surface area contributed by atoms with Crippen LogP contribution in [0.15, 0.2) is 0 Å². The van der Waals surface area contributed by atoms with Crippen LogP contribution in [0.3, 0.4) is 0 Å². The van der Waals surface area contributed by atoms with Crippen LogP contribution < -0.4 is 0 Å². The van der Waals surface area contributed by atoms with Crippen LogP contribution in [0.25, 0.3) is 0 Å². The number of methoxy groups -OCH3 is 1. The summed E-state index contributed by atoms with van der Waals surface area (Å²) in [6.45, 7) is 8.68. The molecular weight excluding hydrogens is 324 g/mol. The van der Waals surface area contributed by atoms with E-state index in [-0.39, 0.29) is 12.2 Å². The van der Waals surface area contributed by atoms with E-state index in [4.69, 9.17) is 23.7 Å². The van der Waals surface area contributed by atoms with Gasteiger partial charge in [0.1, 0.15) is 24.4 Å². The lowest BCUT2D eigenvalue weighted by atomic mass is 9.98. The van der Waals surface area contributed by atoms with Gasteiger partial charge in [0, 0.05) is 26.9 Å². The first-order chi connectivity index (χ1) is 12.2. The summed E-state index contributed by atoms with van der Waals surface area (Å²) in [6, 6.07) is 0. The maximum absolute atomic E-state index is 10.6. The van der Waals surface area contributed by atoms with Gasteiger partial charge in [-0.3, -0.25) is 0 Å². The minimum Gasteiger partial charge on any atom is -0.385 e. The first-order valence-corrected chi connectivity index (χ1v) is 9.86. The molecule has 1 saturated heterocycles. The molecule has 0 aromatic rings. The van der Waals surface area contributed by atoms with E-state index >= 15 is 0 Å². The fourth-order valence-electron chi connectivity index (χ4n) is 2.79. The number of hydrogen-bond acceptors (Lipinski definition) is 6. The minimum absolute atomic E-state index is 0.311. The third-order valence-electron chi connectivity index (χ3n) is 4.39. The van der Waals surface area contributed by atoms with Crippen molar-refractivity contribution in [1.82, 2.24) is 0 Å². The van der Waals surface area contributed by atoms with Crippen LogP contribution in [0.4, 0.5) is 0 Å². The molecule has 1 heterocycles. The molecule has 6 nitrogen and oxygen atoms in total. The Hall–Kier alpha value is -0.240. The summed E-state index contributed by atoms with van der Waals surface area (Å²) in [7, 11) is 1.53. The van der Waals surface area contributed by atoms with Crippen molar-refractivity contribution in [1.29, 1.82) is 0 Å². The molecular formula is C19H38O6. The molecule has 0 saturated carbocycles. The number of hydrogen-bond donors (Lipinski definition) is 1. The van der Waals surface area contributed by atoms with Crippen LogP contribution in [0, 0.1) is 0 Å². The van der Waals surface area contributed by atoms with Crippen molar-refractivity contribution < 1.29 is 28.8 Å². The molecule has 6 heteroatoms. The Balaban J connectivity index is 2.75. The second kappa shape index (κ2) is 13.9. The average molecular weight is 363 g/mol. The van der Waals surface area contributed by atoms with Gasteiger partial charge in [0.25, 0.3) is 0 Å². The second-order valence-electron chi connectivity index (χ2n) is 6.58. The molecule has 1 N–H and O–H groups in total. The lowest BCUT2D eigenvalue weighted by Gasteiger charge is -2.43. The van der Waals surface area contributed by atoms with E-state index in [2.05, 4.69) is 20.8 Å². The molecule has 25 heavy (non-hydrogen) atoms. The van der Waals surface area contributed by atoms with Crippen LogP contribution in [-0.2, 0) is 23.7 Å². The van der Waals surface area contributed by atoms with Gasteiger partial charge in [0.05, 0.1) is 6.61 Å². The molecule has 1 fully saturated rings. The largest absolute Gasteiger partial charge is 0.385 e. The van der Waals surface area contributed by atoms with Crippen molar-refractivity contribution in [3.63, 3.8) is 0 Å². The Kier molecular flexibility index (Phi) is 12.7. The topological polar surface area (TPSA) is 66.4 Å². The average Bonchev–Trinajstić information content (AvgIpc) is 2.62. The fraction of sp³-hybridized carbons (Fsp3) is 1.00. The van der Waals surface area contributed by atoms with Gasteiger partial charge in [-0.1, -0.05) is 40.0 Å². The molecule has 0 bridgehead atoms. The Morgan fingerprint density at radius 3 is 1.96 bits per heavy atom. The number of unbranched alkanes of at least 4 members (excludes halogenated alkanes) is 3. The summed E-state index contributed by atoms with van der Waals surface area (Å²) >= 11 is 0. The maximum Gasteiger partial charge on any atom is 0.186 e. The Morgan fingerprint density at radius 2 is 1.40 bits per heavy atom. The quantitative estimate of drug-likeness (QED) is 0.479. The molecule has 150 valence electrons. The summed E-state index contributed by atoms with van der Waals surface area (Å²) in [6.07, 6.45) is 3.37. The van der Waals surface area contributed by atoms with Gasteiger partial charge >= 0.3 is 0 Å². The summed E-state index contributed by atoms with van der Waals surface area (Å²) in [5, 5.41) is 10.6. The Labute approximate surface area is 153 Å². The summed E-state index contributed by atoms with van der Waals surface area (Å²) in [5.41, 5.74) is 0. The standard InChI is InChI=1S/C19H38O6/c1-5-8-11-22-14-15-17(23-12-9-6-2)18(24-13-10-7-3)16(20)19(21-4)25-15/h15-20H,5-14H2,1-4H3/t15?,16?,17-,18-,19+/m1/s1. The van der Waals surface area contributed by atoms with Gasteiger partial charge in [-0.2, -0.15) is 0 Å². The van der Waals surface area contributed by atoms with Crippen LogP contribution >= 0.6 is 0 Å². The zero-order chi connectivity index (χ0) is 18.5. The number of rotatable bonds is 14. The van der Waals surface area contributed by atoms with E-state index in [1.54, 1.807) is 0 Å². The van der Waals surface area contributed by atoms with Crippen LogP contribution in [0.1, 0.15) is 59.3 Å². The molecule has 5 atom stereocenters. The summed E-state index contributed by atoms with van der Waals surface area (Å²) < 4.78 is 29.0. The lowest BCUT2D eigenvalue weighted by molar-refractivity contribution is -0.310. The first-order valence-electron chi connectivity index (χ1n) is 9.86. The number of aliphatic hydroxyl groups excluding tert-OH is 1. The third-order valence-corrected chi connectivity index (χ3v) is 4.39. The van der Waals surface area contributed by atoms with Gasteiger partial charge in [0.15, 0.2) is 6.29 Å². The molecule has 0 aliphatic carbocycles. The molecule has 0 aromatic heterocycles. The van der Waals surface area contributed by atoms with E-state index in [1.807, 2.05) is 0 Å². The highest BCUT2D eigenvalue weighted by molar-refractivity contribution is 4.91. The SMILES string of the molecule is CCCCOCC1O[C@H](OC)C(O)[C@@H](OCCCC)[C@@H]1OCCCC. The fourth-order valence-corrected chi connectivity index (χ4v) is 2.79. The van der Waals surface area contributed by atoms with E-state index < -0.39 is 18.5 Å². The molecule has 0 amide bonds.